The van der Waals surface area contributed by atoms with E-state index in [1.165, 1.54) is 0 Å². The van der Waals surface area contributed by atoms with Crippen LogP contribution >= 0.6 is 0 Å². The Labute approximate surface area is 60.9 Å². The minimum absolute atomic E-state index is 0.624. The van der Waals surface area contributed by atoms with Gasteiger partial charge < -0.3 is 0 Å². The summed E-state index contributed by atoms with van der Waals surface area (Å²) in [5.74, 6) is 0. The Kier molecular flexibility index (Phi) is 2.07. The van der Waals surface area contributed by atoms with Crippen LogP contribution in [0.4, 0.5) is 0 Å². The Bertz CT molecular complexity index is 258. The van der Waals surface area contributed by atoms with Crippen LogP contribution in [0.25, 0.3) is 0 Å². The van der Waals surface area contributed by atoms with Crippen molar-refractivity contribution in [3.8, 4) is 6.07 Å². The lowest BCUT2D eigenvalue weighted by Crippen LogP contribution is -1.81. The molecule has 10 heavy (non-hydrogen) atoms. The lowest BCUT2D eigenvalue weighted by molar-refractivity contribution is 1.13. The minimum Gasteiger partial charge on any atom is -0.192 e. The highest BCUT2D eigenvalue weighted by Gasteiger charge is 1.90. The van der Waals surface area contributed by atoms with Crippen molar-refractivity contribution in [2.45, 2.75) is 13.3 Å². The molecule has 0 amide bonds. The molecule has 0 aliphatic heterocycles. The summed E-state index contributed by atoms with van der Waals surface area (Å²) in [4.78, 5) is 0. The summed E-state index contributed by atoms with van der Waals surface area (Å²) in [5, 5.41) is 8.48. The van der Waals surface area contributed by atoms with Crippen molar-refractivity contribution in [2.24, 2.45) is 0 Å². The molecule has 0 aliphatic carbocycles. The van der Waals surface area contributed by atoms with Crippen LogP contribution in [-0.2, 0) is 6.42 Å². The fourth-order valence-electron chi connectivity index (χ4n) is 0.788. The third-order valence-electron chi connectivity index (χ3n) is 1.36. The standard InChI is InChI=1S/C9H8N/c1-2-8-4-3-5-9(6-8)7-10/h3-5H,2H2,1H3. The lowest BCUT2D eigenvalue weighted by Gasteiger charge is -1.92. The summed E-state index contributed by atoms with van der Waals surface area (Å²) in [6.45, 7) is 2.05. The summed E-state index contributed by atoms with van der Waals surface area (Å²) in [5.41, 5.74) is 1.72. The Morgan fingerprint density at radius 3 is 3.00 bits per heavy atom. The molecule has 0 atom stereocenters. The molecule has 0 spiro atoms. The zero-order valence-electron chi connectivity index (χ0n) is 5.89. The molecule has 1 rings (SSSR count). The van der Waals surface area contributed by atoms with E-state index >= 15 is 0 Å². The number of hydrogen-bond donors (Lipinski definition) is 0. The molecule has 1 aromatic carbocycles. The molecule has 0 fully saturated rings. The van der Waals surface area contributed by atoms with Gasteiger partial charge in [-0.1, -0.05) is 19.1 Å². The number of hydrogen-bond acceptors (Lipinski definition) is 1. The maximum atomic E-state index is 8.48. The topological polar surface area (TPSA) is 23.8 Å². The molecule has 0 unspecified atom stereocenters. The van der Waals surface area contributed by atoms with Gasteiger partial charge in [-0.05, 0) is 18.1 Å². The summed E-state index contributed by atoms with van der Waals surface area (Å²) < 4.78 is 0. The zero-order chi connectivity index (χ0) is 7.40. The van der Waals surface area contributed by atoms with Crippen molar-refractivity contribution < 1.29 is 0 Å². The highest BCUT2D eigenvalue weighted by Crippen LogP contribution is 2.02. The van der Waals surface area contributed by atoms with Crippen LogP contribution in [0.2, 0.25) is 0 Å². The van der Waals surface area contributed by atoms with E-state index in [4.69, 9.17) is 5.26 Å². The normalized spacial score (nSPS) is 8.80. The second-order valence-electron chi connectivity index (χ2n) is 2.06. The predicted octanol–water partition coefficient (Wildman–Crippen LogP) is 1.92. The van der Waals surface area contributed by atoms with Crippen LogP contribution in [-0.4, -0.2) is 0 Å². The van der Waals surface area contributed by atoms with Gasteiger partial charge in [0.15, 0.2) is 0 Å². The quantitative estimate of drug-likeness (QED) is 0.569. The van der Waals surface area contributed by atoms with Gasteiger partial charge in [0.1, 0.15) is 0 Å². The third-order valence-corrected chi connectivity index (χ3v) is 1.36. The minimum atomic E-state index is 0.624. The highest BCUT2D eigenvalue weighted by atomic mass is 14.2. The van der Waals surface area contributed by atoms with Crippen molar-refractivity contribution in [2.75, 3.05) is 0 Å². The van der Waals surface area contributed by atoms with Crippen LogP contribution in [0, 0.1) is 17.4 Å². The maximum Gasteiger partial charge on any atom is 0.0998 e. The molecule has 0 heterocycles. The summed E-state index contributed by atoms with van der Waals surface area (Å²) in [6.07, 6.45) is 0.940. The van der Waals surface area contributed by atoms with E-state index in [1.807, 2.05) is 25.1 Å². The molecule has 0 N–H and O–H groups in total. The highest BCUT2D eigenvalue weighted by molar-refractivity contribution is 5.31. The van der Waals surface area contributed by atoms with Crippen LogP contribution < -0.4 is 0 Å². The predicted molar refractivity (Wildman–Crippen MR) is 39.4 cm³/mol. The molecular formula is C9H8N. The fourth-order valence-corrected chi connectivity index (χ4v) is 0.788. The van der Waals surface area contributed by atoms with Gasteiger partial charge in [-0.25, -0.2) is 0 Å². The summed E-state index contributed by atoms with van der Waals surface area (Å²) in [7, 11) is 0. The molecule has 1 radical (unpaired) electrons. The first-order valence-electron chi connectivity index (χ1n) is 3.28. The smallest absolute Gasteiger partial charge is 0.0998 e. The van der Waals surface area contributed by atoms with Crippen LogP contribution in [0.15, 0.2) is 18.2 Å². The second kappa shape index (κ2) is 3.03. The Morgan fingerprint density at radius 2 is 2.40 bits per heavy atom. The Hall–Kier alpha value is -1.29. The molecule has 0 saturated heterocycles. The van der Waals surface area contributed by atoms with Crippen molar-refractivity contribution in [3.05, 3.63) is 35.4 Å². The maximum absolute atomic E-state index is 8.48. The molecule has 1 nitrogen and oxygen atoms in total. The molecular weight excluding hydrogens is 122 g/mol. The Morgan fingerprint density at radius 1 is 1.60 bits per heavy atom. The van der Waals surface area contributed by atoms with Gasteiger partial charge in [-0.3, -0.25) is 0 Å². The van der Waals surface area contributed by atoms with Gasteiger partial charge in [0, 0.05) is 6.07 Å². The fraction of sp³-hybridized carbons (Fsp3) is 0.222. The number of nitriles is 1. The molecule has 0 aliphatic rings. The van der Waals surface area contributed by atoms with E-state index in [2.05, 4.69) is 6.07 Å². The van der Waals surface area contributed by atoms with Crippen molar-refractivity contribution >= 4 is 0 Å². The van der Waals surface area contributed by atoms with E-state index in [0.29, 0.717) is 5.56 Å². The number of rotatable bonds is 1. The van der Waals surface area contributed by atoms with E-state index in [0.717, 1.165) is 12.0 Å². The molecule has 1 aromatic rings. The van der Waals surface area contributed by atoms with Crippen molar-refractivity contribution in [1.82, 2.24) is 0 Å². The van der Waals surface area contributed by atoms with Crippen molar-refractivity contribution in [3.63, 3.8) is 0 Å². The van der Waals surface area contributed by atoms with Gasteiger partial charge >= 0.3 is 0 Å². The van der Waals surface area contributed by atoms with Gasteiger partial charge in [-0.2, -0.15) is 5.26 Å². The van der Waals surface area contributed by atoms with Crippen LogP contribution in [0.3, 0.4) is 0 Å². The van der Waals surface area contributed by atoms with Crippen LogP contribution in [0.1, 0.15) is 18.1 Å². The summed E-state index contributed by atoms with van der Waals surface area (Å²) >= 11 is 0. The average molecular weight is 130 g/mol. The molecule has 1 heteroatoms. The summed E-state index contributed by atoms with van der Waals surface area (Å²) in [6, 6.07) is 10.6. The van der Waals surface area contributed by atoms with Gasteiger partial charge in [0.05, 0.1) is 11.6 Å². The van der Waals surface area contributed by atoms with Crippen molar-refractivity contribution in [1.29, 1.82) is 5.26 Å². The largest absolute Gasteiger partial charge is 0.192 e. The zero-order valence-corrected chi connectivity index (χ0v) is 5.89. The van der Waals surface area contributed by atoms with E-state index in [1.54, 1.807) is 6.07 Å². The first-order chi connectivity index (χ1) is 4.86. The molecule has 0 bridgehead atoms. The molecule has 49 valence electrons. The number of benzene rings is 1. The first kappa shape index (κ1) is 6.82. The average Bonchev–Trinajstić information content (AvgIpc) is 2.05. The van der Waals surface area contributed by atoms with E-state index in [9.17, 15) is 0 Å². The molecule has 0 saturated carbocycles. The molecule has 0 aromatic heterocycles. The third kappa shape index (κ3) is 1.35. The van der Waals surface area contributed by atoms with Crippen LogP contribution in [0.5, 0.6) is 0 Å². The lowest BCUT2D eigenvalue weighted by atomic mass is 10.1. The van der Waals surface area contributed by atoms with E-state index < -0.39 is 0 Å². The Balaban J connectivity index is 3.01. The monoisotopic (exact) mass is 130 g/mol. The number of aryl methyl sites for hydroxylation is 1. The van der Waals surface area contributed by atoms with Gasteiger partial charge in [-0.15, -0.1) is 0 Å². The SMILES string of the molecule is CCc1[c]c(C#N)ccc1. The van der Waals surface area contributed by atoms with Gasteiger partial charge in [0.2, 0.25) is 0 Å². The first-order valence-corrected chi connectivity index (χ1v) is 3.28. The number of nitrogens with zero attached hydrogens (tertiary/aromatic N) is 1. The van der Waals surface area contributed by atoms with Gasteiger partial charge in [0.25, 0.3) is 0 Å². The second-order valence-corrected chi connectivity index (χ2v) is 2.06. The van der Waals surface area contributed by atoms with E-state index in [-0.39, 0.29) is 0 Å².